The van der Waals surface area contributed by atoms with Crippen LogP contribution in [0.15, 0.2) is 11.1 Å². The maximum absolute atomic E-state index is 12.4. The third-order valence-electron chi connectivity index (χ3n) is 3.45. The number of aromatic amines is 1. The Balaban J connectivity index is 1.85. The number of nitrogens with zero attached hydrogens (tertiary/aromatic N) is 3. The zero-order valence-corrected chi connectivity index (χ0v) is 10.9. The summed E-state index contributed by atoms with van der Waals surface area (Å²) >= 11 is 0. The molecule has 3 heterocycles. The molecule has 1 unspecified atom stereocenters. The first-order chi connectivity index (χ1) is 9.00. The third kappa shape index (κ3) is 1.83. The average Bonchev–Trinajstić information content (AvgIpc) is 2.96. The van der Waals surface area contributed by atoms with E-state index in [9.17, 15) is 13.2 Å². The van der Waals surface area contributed by atoms with Crippen LogP contribution < -0.4 is 11.1 Å². The number of nitrogens with one attached hydrogen (secondary N) is 2. The van der Waals surface area contributed by atoms with Crippen LogP contribution in [-0.2, 0) is 10.0 Å². The van der Waals surface area contributed by atoms with E-state index in [4.69, 9.17) is 5.73 Å². The van der Waals surface area contributed by atoms with E-state index < -0.39 is 10.0 Å². The summed E-state index contributed by atoms with van der Waals surface area (Å²) in [6.45, 7) is 1.38. The molecule has 10 heteroatoms. The molecule has 4 N–H and O–H groups in total. The Hall–Kier alpha value is -1.81. The monoisotopic (exact) mass is 286 g/mol. The molecule has 2 aliphatic rings. The highest BCUT2D eigenvalue weighted by atomic mass is 32.2. The first-order valence-corrected chi connectivity index (χ1v) is 7.27. The number of H-pyrrole nitrogens is 1. The first kappa shape index (κ1) is 12.2. The Labute approximate surface area is 109 Å². The van der Waals surface area contributed by atoms with E-state index in [0.717, 1.165) is 0 Å². The van der Waals surface area contributed by atoms with Crippen molar-refractivity contribution in [3.8, 4) is 0 Å². The molecule has 0 aliphatic carbocycles. The van der Waals surface area contributed by atoms with Gasteiger partial charge in [0, 0.05) is 26.2 Å². The minimum Gasteiger partial charge on any atom is -0.383 e. The summed E-state index contributed by atoms with van der Waals surface area (Å²) in [5.74, 6) is 0.0306. The quantitative estimate of drug-likeness (QED) is 0.603. The number of urea groups is 1. The van der Waals surface area contributed by atoms with Gasteiger partial charge in [-0.3, -0.25) is 5.10 Å². The topological polar surface area (TPSA) is 124 Å². The van der Waals surface area contributed by atoms with Crippen molar-refractivity contribution in [2.45, 2.75) is 10.9 Å². The number of fused-ring (bicyclic) bond motifs is 1. The SMILES string of the molecule is Nc1[nH]ncc1S(=O)(=O)N1CCN2C(=O)NCC2C1. The van der Waals surface area contributed by atoms with Gasteiger partial charge in [-0.05, 0) is 0 Å². The van der Waals surface area contributed by atoms with Gasteiger partial charge >= 0.3 is 6.03 Å². The van der Waals surface area contributed by atoms with Gasteiger partial charge in [0.1, 0.15) is 10.7 Å². The van der Waals surface area contributed by atoms with Gasteiger partial charge in [-0.1, -0.05) is 0 Å². The molecule has 0 saturated carbocycles. The van der Waals surface area contributed by atoms with Crippen molar-refractivity contribution >= 4 is 21.9 Å². The number of hydrogen-bond acceptors (Lipinski definition) is 5. The Morgan fingerprint density at radius 2 is 2.21 bits per heavy atom. The molecule has 3 rings (SSSR count). The lowest BCUT2D eigenvalue weighted by Gasteiger charge is -2.35. The molecule has 1 atom stereocenters. The van der Waals surface area contributed by atoms with E-state index in [-0.39, 0.29) is 35.9 Å². The van der Waals surface area contributed by atoms with Crippen molar-refractivity contribution < 1.29 is 13.2 Å². The molecule has 9 nitrogen and oxygen atoms in total. The van der Waals surface area contributed by atoms with Gasteiger partial charge in [0.05, 0.1) is 12.2 Å². The minimum absolute atomic E-state index is 0.0155. The number of rotatable bonds is 2. The van der Waals surface area contributed by atoms with Crippen molar-refractivity contribution in [3.63, 3.8) is 0 Å². The van der Waals surface area contributed by atoms with Crippen LogP contribution in [0.25, 0.3) is 0 Å². The predicted octanol–water partition coefficient (Wildman–Crippen LogP) is -1.61. The number of carbonyl (C=O) groups excluding carboxylic acids is 1. The van der Waals surface area contributed by atoms with Crippen LogP contribution in [0.4, 0.5) is 10.6 Å². The number of hydrogen-bond donors (Lipinski definition) is 3. The van der Waals surface area contributed by atoms with E-state index in [2.05, 4.69) is 15.5 Å². The molecule has 2 saturated heterocycles. The normalized spacial score (nSPS) is 24.3. The molecule has 2 aliphatic heterocycles. The maximum atomic E-state index is 12.4. The number of aromatic nitrogens is 2. The summed E-state index contributed by atoms with van der Waals surface area (Å²) in [4.78, 5) is 13.1. The highest BCUT2D eigenvalue weighted by molar-refractivity contribution is 7.89. The van der Waals surface area contributed by atoms with Crippen molar-refractivity contribution in [1.29, 1.82) is 0 Å². The van der Waals surface area contributed by atoms with E-state index in [1.165, 1.54) is 10.5 Å². The summed E-state index contributed by atoms with van der Waals surface area (Å²) in [7, 11) is -3.66. The zero-order chi connectivity index (χ0) is 13.6. The van der Waals surface area contributed by atoms with Crippen molar-refractivity contribution in [2.75, 3.05) is 31.9 Å². The van der Waals surface area contributed by atoms with Gasteiger partial charge in [0.15, 0.2) is 0 Å². The van der Waals surface area contributed by atoms with Crippen molar-refractivity contribution in [3.05, 3.63) is 6.20 Å². The first-order valence-electron chi connectivity index (χ1n) is 5.83. The zero-order valence-electron chi connectivity index (χ0n) is 10.0. The maximum Gasteiger partial charge on any atom is 0.317 e. The lowest BCUT2D eigenvalue weighted by atomic mass is 10.2. The van der Waals surface area contributed by atoms with Gasteiger partial charge in [-0.15, -0.1) is 0 Å². The second kappa shape index (κ2) is 4.10. The number of carbonyl (C=O) groups is 1. The molecule has 0 bridgehead atoms. The number of nitrogens with two attached hydrogens (primary N) is 1. The summed E-state index contributed by atoms with van der Waals surface area (Å²) < 4.78 is 26.1. The molecule has 0 spiro atoms. The van der Waals surface area contributed by atoms with Gasteiger partial charge in [0.2, 0.25) is 10.0 Å². The van der Waals surface area contributed by atoms with Crippen LogP contribution in [0.5, 0.6) is 0 Å². The highest BCUT2D eigenvalue weighted by Gasteiger charge is 2.40. The van der Waals surface area contributed by atoms with Gasteiger partial charge in [-0.2, -0.15) is 9.40 Å². The molecule has 104 valence electrons. The van der Waals surface area contributed by atoms with Gasteiger partial charge in [0.25, 0.3) is 0 Å². The predicted molar refractivity (Wildman–Crippen MR) is 65.7 cm³/mol. The number of anilines is 1. The van der Waals surface area contributed by atoms with Gasteiger partial charge < -0.3 is 16.0 Å². The van der Waals surface area contributed by atoms with Crippen LogP contribution in [0, 0.1) is 0 Å². The van der Waals surface area contributed by atoms with Crippen LogP contribution in [0.1, 0.15) is 0 Å². The second-order valence-electron chi connectivity index (χ2n) is 4.54. The number of nitrogen functional groups attached to an aromatic ring is 1. The summed E-state index contributed by atoms with van der Waals surface area (Å²) in [5, 5.41) is 8.74. The van der Waals surface area contributed by atoms with E-state index in [0.29, 0.717) is 13.1 Å². The fourth-order valence-electron chi connectivity index (χ4n) is 2.42. The molecule has 0 radical (unpaired) electrons. The number of amides is 2. The highest BCUT2D eigenvalue weighted by Crippen LogP contribution is 2.23. The van der Waals surface area contributed by atoms with Crippen LogP contribution in [0.2, 0.25) is 0 Å². The molecule has 1 aromatic rings. The van der Waals surface area contributed by atoms with E-state index >= 15 is 0 Å². The average molecular weight is 286 g/mol. The van der Waals surface area contributed by atoms with E-state index in [1.807, 2.05) is 0 Å². The standard InChI is InChI=1S/C9H14N6O3S/c10-8-7(4-12-13-8)19(17,18)14-1-2-15-6(5-14)3-11-9(15)16/h4,6H,1-3,5H2,(H,11,16)(H3,10,12,13). The third-order valence-corrected chi connectivity index (χ3v) is 5.34. The molecule has 2 fully saturated rings. The summed E-state index contributed by atoms with van der Waals surface area (Å²) in [6.07, 6.45) is 1.20. The Morgan fingerprint density at radius 1 is 1.42 bits per heavy atom. The summed E-state index contributed by atoms with van der Waals surface area (Å²) in [5.41, 5.74) is 5.56. The Morgan fingerprint density at radius 3 is 2.89 bits per heavy atom. The van der Waals surface area contributed by atoms with Crippen LogP contribution in [0.3, 0.4) is 0 Å². The fraction of sp³-hybridized carbons (Fsp3) is 0.556. The van der Waals surface area contributed by atoms with Gasteiger partial charge in [-0.25, -0.2) is 13.2 Å². The molecular formula is C9H14N6O3S. The fourth-order valence-corrected chi connectivity index (χ4v) is 3.90. The molecule has 19 heavy (non-hydrogen) atoms. The number of sulfonamides is 1. The smallest absolute Gasteiger partial charge is 0.317 e. The van der Waals surface area contributed by atoms with Crippen LogP contribution >= 0.6 is 0 Å². The molecule has 1 aromatic heterocycles. The lowest BCUT2D eigenvalue weighted by Crippen LogP contribution is -2.53. The molecule has 0 aromatic carbocycles. The lowest BCUT2D eigenvalue weighted by molar-refractivity contribution is 0.164. The Bertz CT molecular complexity index is 611. The Kier molecular flexibility index (Phi) is 2.64. The van der Waals surface area contributed by atoms with Crippen molar-refractivity contribution in [2.24, 2.45) is 0 Å². The second-order valence-corrected chi connectivity index (χ2v) is 6.45. The molecular weight excluding hydrogens is 272 g/mol. The van der Waals surface area contributed by atoms with Crippen molar-refractivity contribution in [1.82, 2.24) is 24.7 Å². The summed E-state index contributed by atoms with van der Waals surface area (Å²) in [6, 6.07) is -0.256. The molecule has 2 amide bonds. The number of piperazine rings is 1. The van der Waals surface area contributed by atoms with E-state index in [1.54, 1.807) is 4.90 Å². The van der Waals surface area contributed by atoms with Crippen LogP contribution in [-0.4, -0.2) is 66.1 Å². The largest absolute Gasteiger partial charge is 0.383 e. The minimum atomic E-state index is -3.66.